The molecule has 0 fully saturated rings. The summed E-state index contributed by atoms with van der Waals surface area (Å²) < 4.78 is 0. The van der Waals surface area contributed by atoms with Crippen LogP contribution in [0.2, 0.25) is 0 Å². The minimum absolute atomic E-state index is 0.0844. The molecular weight excluding hydrogens is 234 g/mol. The van der Waals surface area contributed by atoms with Gasteiger partial charge in [0.25, 0.3) is 5.91 Å². The lowest BCUT2D eigenvalue weighted by Crippen LogP contribution is -2.33. The molecule has 18 heavy (non-hydrogen) atoms. The molecule has 1 aromatic rings. The Kier molecular flexibility index (Phi) is 5.26. The number of carbonyl (C=O) groups excluding carboxylic acids is 1. The summed E-state index contributed by atoms with van der Waals surface area (Å²) in [6, 6.07) is 1.41. The molecule has 1 rings (SSSR count). The molecule has 0 radical (unpaired) electrons. The number of rotatable bonds is 6. The summed E-state index contributed by atoms with van der Waals surface area (Å²) in [5, 5.41) is 11.6. The Morgan fingerprint density at radius 2 is 2.17 bits per heavy atom. The zero-order chi connectivity index (χ0) is 13.5. The van der Waals surface area contributed by atoms with Crippen molar-refractivity contribution in [2.75, 3.05) is 26.7 Å². The average molecular weight is 251 g/mol. The molecule has 0 unspecified atom stereocenters. The number of carboxylic acid groups (broad SMARTS) is 1. The normalized spacial score (nSPS) is 10.4. The molecule has 0 bridgehead atoms. The number of pyridine rings is 1. The highest BCUT2D eigenvalue weighted by molar-refractivity contribution is 6.04. The first-order valence-corrected chi connectivity index (χ1v) is 5.70. The zero-order valence-electron chi connectivity index (χ0n) is 10.5. The highest BCUT2D eigenvalue weighted by Gasteiger charge is 2.15. The maximum absolute atomic E-state index is 11.8. The predicted molar refractivity (Wildman–Crippen MR) is 66.7 cm³/mol. The topological polar surface area (TPSA) is 82.5 Å². The predicted octanol–water partition coefficient (Wildman–Crippen LogP) is 0.461. The number of carbonyl (C=O) groups is 2. The van der Waals surface area contributed by atoms with Gasteiger partial charge in [-0.1, -0.05) is 6.92 Å². The fourth-order valence-corrected chi connectivity index (χ4v) is 1.38. The van der Waals surface area contributed by atoms with Gasteiger partial charge in [0.1, 0.15) is 0 Å². The molecular formula is C12H17N3O3. The lowest BCUT2D eigenvalue weighted by atomic mass is 10.1. The van der Waals surface area contributed by atoms with Crippen molar-refractivity contribution in [2.45, 2.75) is 6.92 Å². The van der Waals surface area contributed by atoms with Gasteiger partial charge in [-0.05, 0) is 19.7 Å². The first-order valence-electron chi connectivity index (χ1n) is 5.70. The lowest BCUT2D eigenvalue weighted by molar-refractivity contribution is 0.0690. The van der Waals surface area contributed by atoms with Gasteiger partial charge in [-0.25, -0.2) is 4.79 Å². The summed E-state index contributed by atoms with van der Waals surface area (Å²) >= 11 is 0. The SMILES string of the molecule is CCN(C)CCNC(=O)c1ccncc1C(=O)O. The van der Waals surface area contributed by atoms with Crippen molar-refractivity contribution in [1.29, 1.82) is 0 Å². The Bertz CT molecular complexity index is 434. The molecule has 2 N–H and O–H groups in total. The summed E-state index contributed by atoms with van der Waals surface area (Å²) in [6.45, 7) is 4.11. The first-order chi connectivity index (χ1) is 8.56. The van der Waals surface area contributed by atoms with Crippen molar-refractivity contribution in [2.24, 2.45) is 0 Å². The molecule has 0 atom stereocenters. The smallest absolute Gasteiger partial charge is 0.338 e. The number of hydrogen-bond acceptors (Lipinski definition) is 4. The van der Waals surface area contributed by atoms with E-state index in [4.69, 9.17) is 5.11 Å². The van der Waals surface area contributed by atoms with Crippen LogP contribution in [0.25, 0.3) is 0 Å². The van der Waals surface area contributed by atoms with E-state index in [2.05, 4.69) is 10.3 Å². The van der Waals surface area contributed by atoms with Gasteiger partial charge >= 0.3 is 5.97 Å². The quantitative estimate of drug-likeness (QED) is 0.767. The van der Waals surface area contributed by atoms with Gasteiger partial charge in [-0.2, -0.15) is 0 Å². The Morgan fingerprint density at radius 3 is 2.78 bits per heavy atom. The lowest BCUT2D eigenvalue weighted by Gasteiger charge is -2.14. The monoisotopic (exact) mass is 251 g/mol. The van der Waals surface area contributed by atoms with Crippen LogP contribution in [0.15, 0.2) is 18.5 Å². The van der Waals surface area contributed by atoms with Crippen LogP contribution in [-0.2, 0) is 0 Å². The third-order valence-electron chi connectivity index (χ3n) is 2.62. The van der Waals surface area contributed by atoms with Crippen molar-refractivity contribution in [3.05, 3.63) is 29.6 Å². The van der Waals surface area contributed by atoms with Gasteiger partial charge in [-0.3, -0.25) is 9.78 Å². The summed E-state index contributed by atoms with van der Waals surface area (Å²) in [5.74, 6) is -1.54. The van der Waals surface area contributed by atoms with Crippen molar-refractivity contribution in [3.63, 3.8) is 0 Å². The highest BCUT2D eigenvalue weighted by atomic mass is 16.4. The van der Waals surface area contributed by atoms with Gasteiger partial charge in [0.2, 0.25) is 0 Å². The third-order valence-corrected chi connectivity index (χ3v) is 2.62. The molecule has 1 heterocycles. The van der Waals surface area contributed by atoms with E-state index >= 15 is 0 Å². The standard InChI is InChI=1S/C12H17N3O3/c1-3-15(2)7-6-14-11(16)9-4-5-13-8-10(9)12(17)18/h4-5,8H,3,6-7H2,1-2H3,(H,14,16)(H,17,18). The van der Waals surface area contributed by atoms with Gasteiger partial charge in [0.15, 0.2) is 0 Å². The number of aromatic carboxylic acids is 1. The second-order valence-corrected chi connectivity index (χ2v) is 3.88. The number of aromatic nitrogens is 1. The minimum atomic E-state index is -1.15. The number of hydrogen-bond donors (Lipinski definition) is 2. The molecule has 0 aromatic carbocycles. The van der Waals surface area contributed by atoms with Gasteiger partial charge in [0, 0.05) is 25.5 Å². The number of nitrogens with one attached hydrogen (secondary N) is 1. The molecule has 6 heteroatoms. The van der Waals surface area contributed by atoms with Gasteiger partial charge in [0.05, 0.1) is 11.1 Å². The summed E-state index contributed by atoms with van der Waals surface area (Å²) in [6.07, 6.45) is 2.58. The van der Waals surface area contributed by atoms with Crippen LogP contribution in [0.3, 0.4) is 0 Å². The average Bonchev–Trinajstić information content (AvgIpc) is 2.38. The van der Waals surface area contributed by atoms with Crippen molar-refractivity contribution in [3.8, 4) is 0 Å². The first kappa shape index (κ1) is 14.1. The largest absolute Gasteiger partial charge is 0.478 e. The maximum atomic E-state index is 11.8. The number of likely N-dealkylation sites (N-methyl/N-ethyl adjacent to an activating group) is 1. The summed E-state index contributed by atoms with van der Waals surface area (Å²) in [7, 11) is 1.95. The highest BCUT2D eigenvalue weighted by Crippen LogP contribution is 2.06. The Hall–Kier alpha value is -1.95. The molecule has 0 aliphatic heterocycles. The van der Waals surface area contributed by atoms with Crippen LogP contribution < -0.4 is 5.32 Å². The third kappa shape index (κ3) is 3.81. The van der Waals surface area contributed by atoms with E-state index in [1.807, 2.05) is 18.9 Å². The van der Waals surface area contributed by atoms with Crippen molar-refractivity contribution < 1.29 is 14.7 Å². The minimum Gasteiger partial charge on any atom is -0.478 e. The molecule has 0 saturated carbocycles. The summed E-state index contributed by atoms with van der Waals surface area (Å²) in [4.78, 5) is 28.5. The molecule has 98 valence electrons. The number of nitrogens with zero attached hydrogens (tertiary/aromatic N) is 2. The molecule has 6 nitrogen and oxygen atoms in total. The van der Waals surface area contributed by atoms with E-state index in [0.29, 0.717) is 6.54 Å². The van der Waals surface area contributed by atoms with E-state index in [9.17, 15) is 9.59 Å². The van der Waals surface area contributed by atoms with E-state index in [0.717, 1.165) is 13.1 Å². The molecule has 0 aliphatic rings. The summed E-state index contributed by atoms with van der Waals surface area (Å²) in [5.41, 5.74) is 0.0514. The molecule has 0 saturated heterocycles. The van der Waals surface area contributed by atoms with E-state index < -0.39 is 5.97 Å². The second-order valence-electron chi connectivity index (χ2n) is 3.88. The van der Waals surface area contributed by atoms with Crippen molar-refractivity contribution >= 4 is 11.9 Å². The van der Waals surface area contributed by atoms with Crippen LogP contribution in [-0.4, -0.2) is 53.5 Å². The molecule has 0 spiro atoms. The molecule has 1 aromatic heterocycles. The maximum Gasteiger partial charge on any atom is 0.338 e. The van der Waals surface area contributed by atoms with Crippen LogP contribution in [0.1, 0.15) is 27.6 Å². The Labute approximate surface area is 106 Å². The van der Waals surface area contributed by atoms with Crippen LogP contribution in [0.4, 0.5) is 0 Å². The fourth-order valence-electron chi connectivity index (χ4n) is 1.38. The van der Waals surface area contributed by atoms with E-state index in [-0.39, 0.29) is 17.0 Å². The van der Waals surface area contributed by atoms with Gasteiger partial charge < -0.3 is 15.3 Å². The van der Waals surface area contributed by atoms with Gasteiger partial charge in [-0.15, -0.1) is 0 Å². The zero-order valence-corrected chi connectivity index (χ0v) is 10.5. The Balaban J connectivity index is 2.64. The fraction of sp³-hybridized carbons (Fsp3) is 0.417. The number of carboxylic acids is 1. The van der Waals surface area contributed by atoms with E-state index in [1.165, 1.54) is 18.5 Å². The Morgan fingerprint density at radius 1 is 1.44 bits per heavy atom. The van der Waals surface area contributed by atoms with Crippen LogP contribution in [0.5, 0.6) is 0 Å². The molecule has 0 aliphatic carbocycles. The number of amides is 1. The van der Waals surface area contributed by atoms with Crippen molar-refractivity contribution in [1.82, 2.24) is 15.2 Å². The molecule has 1 amide bonds. The van der Waals surface area contributed by atoms with E-state index in [1.54, 1.807) is 0 Å². The van der Waals surface area contributed by atoms with Crippen LogP contribution in [0, 0.1) is 0 Å². The second kappa shape index (κ2) is 6.70. The van der Waals surface area contributed by atoms with Crippen LogP contribution >= 0.6 is 0 Å².